The van der Waals surface area contributed by atoms with Gasteiger partial charge in [-0.25, -0.2) is 9.78 Å². The average Bonchev–Trinajstić information content (AvgIpc) is 3.23. The summed E-state index contributed by atoms with van der Waals surface area (Å²) in [6.07, 6.45) is 1.74. The van der Waals surface area contributed by atoms with E-state index < -0.39 is 12.2 Å². The highest BCUT2D eigenvalue weighted by Gasteiger charge is 2.29. The van der Waals surface area contributed by atoms with Gasteiger partial charge in [-0.2, -0.15) is 0 Å². The lowest BCUT2D eigenvalue weighted by molar-refractivity contribution is 0.0360. The van der Waals surface area contributed by atoms with Crippen LogP contribution in [0.15, 0.2) is 53.1 Å². The van der Waals surface area contributed by atoms with Crippen LogP contribution in [0.5, 0.6) is 5.75 Å². The second kappa shape index (κ2) is 10.4. The molecule has 8 nitrogen and oxygen atoms in total. The Kier molecular flexibility index (Phi) is 7.60. The molecule has 1 aromatic heterocycles. The Labute approximate surface area is 193 Å². The fourth-order valence-electron chi connectivity index (χ4n) is 3.61. The van der Waals surface area contributed by atoms with Crippen LogP contribution in [0.25, 0.3) is 11.3 Å². The molecule has 176 valence electrons. The van der Waals surface area contributed by atoms with Gasteiger partial charge in [0.15, 0.2) is 5.76 Å². The van der Waals surface area contributed by atoms with Gasteiger partial charge in [0, 0.05) is 17.7 Å². The van der Waals surface area contributed by atoms with Gasteiger partial charge in [-0.05, 0) is 48.2 Å². The second-order valence-corrected chi connectivity index (χ2v) is 8.82. The highest BCUT2D eigenvalue weighted by Crippen LogP contribution is 2.38. The molecule has 0 bridgehead atoms. The maximum atomic E-state index is 11.4. The number of aliphatic hydroxyl groups is 1. The van der Waals surface area contributed by atoms with Crippen molar-refractivity contribution in [3.63, 3.8) is 0 Å². The molecule has 0 aliphatic heterocycles. The number of aryl methyl sites for hydroxylation is 1. The van der Waals surface area contributed by atoms with Crippen molar-refractivity contribution in [2.75, 3.05) is 19.0 Å². The third-order valence-electron chi connectivity index (χ3n) is 5.12. The summed E-state index contributed by atoms with van der Waals surface area (Å²) < 4.78 is 16.8. The number of amides is 1. The molecular weight excluding hydrogens is 422 g/mol. The number of benzene rings is 2. The Balaban J connectivity index is 1.84. The highest BCUT2D eigenvalue weighted by molar-refractivity contribution is 5.68. The standard InChI is InChI=1S/C25H31N3O5/c1-25(2,3)22(33-23(26)30)17-8-5-9-18(14-17)28-24-27-15-21(32-24)19-13-16(7-6-12-29)10-11-20(19)31-4/h5,8-11,13-15,22,29H,6-7,12H2,1-4H3,(H2,26,30)(H,27,28). The Bertz CT molecular complexity index is 1090. The number of aromatic nitrogens is 1. The maximum absolute atomic E-state index is 11.4. The van der Waals surface area contributed by atoms with Crippen molar-refractivity contribution >= 4 is 17.8 Å². The Hall–Kier alpha value is -3.52. The number of nitrogens with zero attached hydrogens (tertiary/aromatic N) is 1. The number of nitrogens with two attached hydrogens (primary N) is 1. The van der Waals surface area contributed by atoms with Gasteiger partial charge >= 0.3 is 6.09 Å². The molecule has 0 saturated carbocycles. The number of primary amides is 1. The molecule has 3 rings (SSSR count). The van der Waals surface area contributed by atoms with Crippen LogP contribution < -0.4 is 15.8 Å². The summed E-state index contributed by atoms with van der Waals surface area (Å²) >= 11 is 0. The fourth-order valence-corrected chi connectivity index (χ4v) is 3.61. The minimum absolute atomic E-state index is 0.136. The number of carbonyl (C=O) groups is 1. The predicted molar refractivity (Wildman–Crippen MR) is 126 cm³/mol. The van der Waals surface area contributed by atoms with E-state index in [0.717, 1.165) is 28.8 Å². The van der Waals surface area contributed by atoms with Crippen LogP contribution >= 0.6 is 0 Å². The number of nitrogens with one attached hydrogen (secondary N) is 1. The lowest BCUT2D eigenvalue weighted by Crippen LogP contribution is -2.27. The molecule has 0 spiro atoms. The molecule has 1 heterocycles. The van der Waals surface area contributed by atoms with Gasteiger partial charge in [0.05, 0.1) is 18.9 Å². The monoisotopic (exact) mass is 453 g/mol. The Morgan fingerprint density at radius 2 is 2.03 bits per heavy atom. The summed E-state index contributed by atoms with van der Waals surface area (Å²) in [6.45, 7) is 6.06. The summed E-state index contributed by atoms with van der Waals surface area (Å²) in [6, 6.07) is 13.6. The first-order valence-corrected chi connectivity index (χ1v) is 10.8. The van der Waals surface area contributed by atoms with Crippen molar-refractivity contribution < 1.29 is 23.8 Å². The quantitative estimate of drug-likeness (QED) is 0.407. The molecule has 8 heteroatoms. The van der Waals surface area contributed by atoms with Crippen molar-refractivity contribution in [1.82, 2.24) is 4.98 Å². The molecule has 2 aromatic carbocycles. The van der Waals surface area contributed by atoms with Crippen LogP contribution in [-0.4, -0.2) is 29.9 Å². The fraction of sp³-hybridized carbons (Fsp3) is 0.360. The van der Waals surface area contributed by atoms with Crippen molar-refractivity contribution in [1.29, 1.82) is 0 Å². The van der Waals surface area contributed by atoms with Gasteiger partial charge in [-0.15, -0.1) is 0 Å². The van der Waals surface area contributed by atoms with E-state index in [-0.39, 0.29) is 12.0 Å². The Morgan fingerprint density at radius 1 is 1.24 bits per heavy atom. The lowest BCUT2D eigenvalue weighted by atomic mass is 9.84. The van der Waals surface area contributed by atoms with Crippen LogP contribution in [0.3, 0.4) is 0 Å². The minimum atomic E-state index is -0.819. The van der Waals surface area contributed by atoms with Gasteiger partial charge < -0.3 is 30.0 Å². The van der Waals surface area contributed by atoms with Crippen molar-refractivity contribution in [3.8, 4) is 17.1 Å². The van der Waals surface area contributed by atoms with Crippen molar-refractivity contribution in [2.45, 2.75) is 39.7 Å². The van der Waals surface area contributed by atoms with Gasteiger partial charge in [-0.1, -0.05) is 39.0 Å². The van der Waals surface area contributed by atoms with E-state index in [9.17, 15) is 4.79 Å². The zero-order valence-corrected chi connectivity index (χ0v) is 19.4. The number of oxazole rings is 1. The second-order valence-electron chi connectivity index (χ2n) is 8.82. The van der Waals surface area contributed by atoms with E-state index in [0.29, 0.717) is 23.9 Å². The number of methoxy groups -OCH3 is 1. The zero-order valence-electron chi connectivity index (χ0n) is 19.4. The van der Waals surface area contributed by atoms with Crippen LogP contribution in [0.1, 0.15) is 44.4 Å². The van der Waals surface area contributed by atoms with Gasteiger partial charge in [0.1, 0.15) is 11.9 Å². The van der Waals surface area contributed by atoms with E-state index in [2.05, 4.69) is 10.3 Å². The number of hydrogen-bond acceptors (Lipinski definition) is 7. The summed E-state index contributed by atoms with van der Waals surface area (Å²) in [7, 11) is 1.60. The molecule has 0 fully saturated rings. The van der Waals surface area contributed by atoms with Gasteiger partial charge in [0.25, 0.3) is 6.01 Å². The molecule has 0 aliphatic carbocycles. The first kappa shape index (κ1) is 24.1. The van der Waals surface area contributed by atoms with E-state index >= 15 is 0 Å². The molecule has 33 heavy (non-hydrogen) atoms. The van der Waals surface area contributed by atoms with E-state index in [4.69, 9.17) is 24.7 Å². The number of anilines is 2. The molecule has 0 radical (unpaired) electrons. The SMILES string of the molecule is COc1ccc(CCCO)cc1-c1cnc(Nc2cccc(C(OC(N)=O)C(C)(C)C)c2)o1. The largest absolute Gasteiger partial charge is 0.496 e. The van der Waals surface area contributed by atoms with Gasteiger partial charge in [-0.3, -0.25) is 0 Å². The highest BCUT2D eigenvalue weighted by atomic mass is 16.6. The number of hydrogen-bond donors (Lipinski definition) is 3. The van der Waals surface area contributed by atoms with E-state index in [1.165, 1.54) is 0 Å². The topological polar surface area (TPSA) is 120 Å². The van der Waals surface area contributed by atoms with E-state index in [1.807, 2.05) is 63.2 Å². The molecule has 0 saturated heterocycles. The van der Waals surface area contributed by atoms with Crippen LogP contribution in [0, 0.1) is 5.41 Å². The predicted octanol–water partition coefficient (Wildman–Crippen LogP) is 5.20. The van der Waals surface area contributed by atoms with Crippen LogP contribution in [0.2, 0.25) is 0 Å². The average molecular weight is 454 g/mol. The van der Waals surface area contributed by atoms with Crippen molar-refractivity contribution in [3.05, 3.63) is 59.8 Å². The first-order valence-electron chi connectivity index (χ1n) is 10.8. The summed E-state index contributed by atoms with van der Waals surface area (Å²) in [4.78, 5) is 15.8. The molecule has 3 aromatic rings. The molecule has 1 atom stereocenters. The molecule has 1 unspecified atom stereocenters. The Morgan fingerprint density at radius 3 is 2.70 bits per heavy atom. The third kappa shape index (κ3) is 6.26. The summed E-state index contributed by atoms with van der Waals surface area (Å²) in [5.74, 6) is 1.23. The lowest BCUT2D eigenvalue weighted by Gasteiger charge is -2.30. The van der Waals surface area contributed by atoms with E-state index in [1.54, 1.807) is 13.3 Å². The number of ether oxygens (including phenoxy) is 2. The first-order chi connectivity index (χ1) is 15.7. The summed E-state index contributed by atoms with van der Waals surface area (Å²) in [5, 5.41) is 12.3. The normalized spacial score (nSPS) is 12.3. The third-order valence-corrected chi connectivity index (χ3v) is 5.12. The molecule has 1 amide bonds. The minimum Gasteiger partial charge on any atom is -0.496 e. The molecule has 0 aliphatic rings. The van der Waals surface area contributed by atoms with Gasteiger partial charge in [0.2, 0.25) is 0 Å². The van der Waals surface area contributed by atoms with Crippen molar-refractivity contribution in [2.24, 2.45) is 11.1 Å². The molecular formula is C25H31N3O5. The number of aliphatic hydroxyl groups excluding tert-OH is 1. The smallest absolute Gasteiger partial charge is 0.405 e. The maximum Gasteiger partial charge on any atom is 0.405 e. The zero-order chi connectivity index (χ0) is 24.0. The number of carbonyl (C=O) groups excluding carboxylic acids is 1. The van der Waals surface area contributed by atoms with Crippen LogP contribution in [0.4, 0.5) is 16.5 Å². The summed E-state index contributed by atoms with van der Waals surface area (Å²) in [5.41, 5.74) is 8.32. The molecule has 4 N–H and O–H groups in total. The van der Waals surface area contributed by atoms with Crippen LogP contribution in [-0.2, 0) is 11.2 Å². The number of rotatable bonds is 9.